The molecular formula is C17H17N3O5S. The number of benzene rings is 2. The Labute approximate surface area is 152 Å². The van der Waals surface area contributed by atoms with Crippen LogP contribution in [0, 0.1) is 10.1 Å². The van der Waals surface area contributed by atoms with E-state index in [4.69, 9.17) is 10.2 Å². The molecule has 9 heteroatoms. The van der Waals surface area contributed by atoms with Crippen LogP contribution >= 0.6 is 11.9 Å². The summed E-state index contributed by atoms with van der Waals surface area (Å²) in [6.45, 7) is 0.665. The number of rotatable bonds is 7. The molecule has 3 rings (SSSR count). The van der Waals surface area contributed by atoms with Gasteiger partial charge in [-0.2, -0.15) is 0 Å². The molecule has 0 saturated carbocycles. The highest BCUT2D eigenvalue weighted by atomic mass is 32.2. The molecule has 0 spiro atoms. The van der Waals surface area contributed by atoms with E-state index < -0.39 is 4.92 Å². The van der Waals surface area contributed by atoms with Crippen molar-refractivity contribution in [1.29, 1.82) is 0 Å². The number of nitro groups is 1. The van der Waals surface area contributed by atoms with E-state index in [1.165, 1.54) is 30.1 Å². The molecule has 0 bridgehead atoms. The van der Waals surface area contributed by atoms with E-state index in [9.17, 15) is 14.9 Å². The number of nitrogens with zero attached hydrogens (tertiary/aromatic N) is 2. The fraction of sp³-hybridized carbons (Fsp3) is 0.235. The molecule has 0 fully saturated rings. The number of aliphatic hydroxyl groups is 2. The standard InChI is InChI=1S/C17H17N3O5S/c21-7-5-19(6-8-22)26-12-2-4-16-14(10-12)17(23)13-9-11(20(24)25)1-3-15(13)18-16/h1-4,9-10,21-22H,5-8H2,(H,18,23). The monoisotopic (exact) mass is 375 g/mol. The fourth-order valence-electron chi connectivity index (χ4n) is 2.69. The van der Waals surface area contributed by atoms with Crippen molar-refractivity contribution in [3.63, 3.8) is 0 Å². The highest BCUT2D eigenvalue weighted by Gasteiger charge is 2.13. The zero-order valence-electron chi connectivity index (χ0n) is 13.7. The number of fused-ring (bicyclic) bond motifs is 2. The molecule has 0 aliphatic carbocycles. The second-order valence-corrected chi connectivity index (χ2v) is 6.79. The lowest BCUT2D eigenvalue weighted by atomic mass is 10.1. The summed E-state index contributed by atoms with van der Waals surface area (Å²) in [5, 5.41) is 29.8. The first-order valence-electron chi connectivity index (χ1n) is 7.92. The van der Waals surface area contributed by atoms with Gasteiger partial charge in [0.15, 0.2) is 5.43 Å². The molecule has 1 heterocycles. The van der Waals surface area contributed by atoms with Gasteiger partial charge in [-0.15, -0.1) is 0 Å². The smallest absolute Gasteiger partial charge is 0.270 e. The number of hydrogen-bond donors (Lipinski definition) is 3. The van der Waals surface area contributed by atoms with Crippen molar-refractivity contribution in [2.75, 3.05) is 26.3 Å². The van der Waals surface area contributed by atoms with E-state index in [1.54, 1.807) is 16.4 Å². The number of H-pyrrole nitrogens is 1. The van der Waals surface area contributed by atoms with Crippen LogP contribution in [0.25, 0.3) is 21.8 Å². The molecule has 2 aromatic carbocycles. The third kappa shape index (κ3) is 3.70. The van der Waals surface area contributed by atoms with E-state index >= 15 is 0 Å². The van der Waals surface area contributed by atoms with Crippen LogP contribution in [0.4, 0.5) is 5.69 Å². The number of nitro benzene ring substituents is 1. The highest BCUT2D eigenvalue weighted by Crippen LogP contribution is 2.26. The van der Waals surface area contributed by atoms with Crippen LogP contribution in [0.3, 0.4) is 0 Å². The average molecular weight is 375 g/mol. The Morgan fingerprint density at radius 2 is 1.65 bits per heavy atom. The third-order valence-electron chi connectivity index (χ3n) is 3.90. The lowest BCUT2D eigenvalue weighted by molar-refractivity contribution is -0.384. The third-order valence-corrected chi connectivity index (χ3v) is 4.99. The normalized spacial score (nSPS) is 11.5. The van der Waals surface area contributed by atoms with E-state index in [2.05, 4.69) is 4.98 Å². The predicted molar refractivity (Wildman–Crippen MR) is 100 cm³/mol. The molecule has 3 aromatic rings. The SMILES string of the molecule is O=c1c2cc(SN(CCO)CCO)ccc2[nH]c2ccc([N+](=O)[O-])cc12. The second-order valence-electron chi connectivity index (χ2n) is 5.62. The first-order valence-corrected chi connectivity index (χ1v) is 8.69. The number of hydrogen-bond acceptors (Lipinski definition) is 7. The van der Waals surface area contributed by atoms with E-state index in [0.29, 0.717) is 29.5 Å². The Bertz CT molecular complexity index is 1010. The maximum Gasteiger partial charge on any atom is 0.270 e. The van der Waals surface area contributed by atoms with Crippen LogP contribution < -0.4 is 5.43 Å². The summed E-state index contributed by atoms with van der Waals surface area (Å²) in [5.74, 6) is 0. The van der Waals surface area contributed by atoms with Gasteiger partial charge in [-0.1, -0.05) is 0 Å². The van der Waals surface area contributed by atoms with Crippen LogP contribution in [-0.2, 0) is 0 Å². The lowest BCUT2D eigenvalue weighted by Crippen LogP contribution is -2.23. The minimum Gasteiger partial charge on any atom is -0.395 e. The van der Waals surface area contributed by atoms with Crippen molar-refractivity contribution < 1.29 is 15.1 Å². The molecule has 0 aliphatic heterocycles. The Balaban J connectivity index is 2.07. The summed E-state index contributed by atoms with van der Waals surface area (Å²) < 4.78 is 1.79. The van der Waals surface area contributed by atoms with Gasteiger partial charge in [0.25, 0.3) is 5.69 Å². The Morgan fingerprint density at radius 3 is 2.27 bits per heavy atom. The van der Waals surface area contributed by atoms with Crippen LogP contribution in [0.2, 0.25) is 0 Å². The van der Waals surface area contributed by atoms with E-state index in [-0.39, 0.29) is 29.7 Å². The summed E-state index contributed by atoms with van der Waals surface area (Å²) in [4.78, 5) is 27.1. The number of aliphatic hydroxyl groups excluding tert-OH is 2. The molecule has 0 amide bonds. The van der Waals surface area contributed by atoms with Gasteiger partial charge in [0.05, 0.1) is 29.0 Å². The number of aromatic amines is 1. The van der Waals surface area contributed by atoms with Gasteiger partial charge in [0.2, 0.25) is 0 Å². The van der Waals surface area contributed by atoms with Crippen molar-refractivity contribution in [2.45, 2.75) is 4.90 Å². The van der Waals surface area contributed by atoms with Gasteiger partial charge in [0.1, 0.15) is 0 Å². The molecule has 1 aromatic heterocycles. The molecule has 3 N–H and O–H groups in total. The molecule has 0 radical (unpaired) electrons. The van der Waals surface area contributed by atoms with Gasteiger partial charge in [-0.05, 0) is 36.2 Å². The average Bonchev–Trinajstić information content (AvgIpc) is 2.62. The van der Waals surface area contributed by atoms with Gasteiger partial charge >= 0.3 is 0 Å². The van der Waals surface area contributed by atoms with Gasteiger partial charge in [0, 0.05) is 41.0 Å². The molecule has 0 atom stereocenters. The van der Waals surface area contributed by atoms with E-state index in [1.807, 2.05) is 6.07 Å². The zero-order valence-corrected chi connectivity index (χ0v) is 14.5. The van der Waals surface area contributed by atoms with Crippen molar-refractivity contribution in [1.82, 2.24) is 9.29 Å². The van der Waals surface area contributed by atoms with Gasteiger partial charge < -0.3 is 15.2 Å². The van der Waals surface area contributed by atoms with Gasteiger partial charge in [-0.3, -0.25) is 14.9 Å². The summed E-state index contributed by atoms with van der Waals surface area (Å²) in [6, 6.07) is 9.48. The van der Waals surface area contributed by atoms with Crippen LogP contribution in [0.15, 0.2) is 46.1 Å². The maximum absolute atomic E-state index is 12.8. The first-order chi connectivity index (χ1) is 12.5. The summed E-state index contributed by atoms with van der Waals surface area (Å²) in [7, 11) is 0. The molecule has 0 unspecified atom stereocenters. The number of non-ortho nitro benzene ring substituents is 1. The first kappa shape index (κ1) is 18.3. The van der Waals surface area contributed by atoms with Crippen molar-refractivity contribution in [3.05, 3.63) is 56.7 Å². The molecular weight excluding hydrogens is 358 g/mol. The summed E-state index contributed by atoms with van der Waals surface area (Å²) in [5.41, 5.74) is 0.757. The molecule has 136 valence electrons. The summed E-state index contributed by atoms with van der Waals surface area (Å²) in [6.07, 6.45) is 0. The fourth-order valence-corrected chi connectivity index (χ4v) is 3.63. The number of pyridine rings is 1. The van der Waals surface area contributed by atoms with Crippen LogP contribution in [0.1, 0.15) is 0 Å². The highest BCUT2D eigenvalue weighted by molar-refractivity contribution is 7.97. The zero-order chi connectivity index (χ0) is 18.7. The van der Waals surface area contributed by atoms with E-state index in [0.717, 1.165) is 4.90 Å². The molecule has 0 aliphatic rings. The summed E-state index contributed by atoms with van der Waals surface area (Å²) >= 11 is 1.33. The minimum atomic E-state index is -0.531. The molecule has 8 nitrogen and oxygen atoms in total. The van der Waals surface area contributed by atoms with Crippen molar-refractivity contribution in [2.24, 2.45) is 0 Å². The predicted octanol–water partition coefficient (Wildman–Crippen LogP) is 1.88. The van der Waals surface area contributed by atoms with Crippen LogP contribution in [-0.4, -0.2) is 50.7 Å². The largest absolute Gasteiger partial charge is 0.395 e. The Kier molecular flexibility index (Phi) is 5.52. The van der Waals surface area contributed by atoms with Crippen molar-refractivity contribution >= 4 is 39.4 Å². The molecule has 26 heavy (non-hydrogen) atoms. The second kappa shape index (κ2) is 7.83. The number of nitrogens with one attached hydrogen (secondary N) is 1. The minimum absolute atomic E-state index is 0.0462. The Hall–Kier alpha value is -2.46. The lowest BCUT2D eigenvalue weighted by Gasteiger charge is -2.18. The van der Waals surface area contributed by atoms with Gasteiger partial charge in [-0.25, -0.2) is 4.31 Å². The maximum atomic E-state index is 12.8. The van der Waals surface area contributed by atoms with Crippen LogP contribution in [0.5, 0.6) is 0 Å². The quantitative estimate of drug-likeness (QED) is 0.250. The molecule has 0 saturated heterocycles. The number of aromatic nitrogens is 1. The topological polar surface area (TPSA) is 120 Å². The Morgan fingerprint density at radius 1 is 1.04 bits per heavy atom. The van der Waals surface area contributed by atoms with Crippen molar-refractivity contribution in [3.8, 4) is 0 Å².